The van der Waals surface area contributed by atoms with E-state index in [2.05, 4.69) is 34.9 Å². The zero-order valence-corrected chi connectivity index (χ0v) is 17.6. The first-order valence-electron chi connectivity index (χ1n) is 10.4. The molecule has 0 saturated carbocycles. The van der Waals surface area contributed by atoms with Gasteiger partial charge in [0.05, 0.1) is 0 Å². The minimum atomic E-state index is -0.229. The number of aryl methyl sites for hydroxylation is 1. The van der Waals surface area contributed by atoms with Crippen LogP contribution in [-0.4, -0.2) is 35.7 Å². The van der Waals surface area contributed by atoms with E-state index in [1.807, 2.05) is 11.0 Å². The van der Waals surface area contributed by atoms with E-state index in [9.17, 15) is 14.4 Å². The van der Waals surface area contributed by atoms with Crippen molar-refractivity contribution < 1.29 is 14.4 Å². The van der Waals surface area contributed by atoms with Crippen LogP contribution in [0.3, 0.4) is 0 Å². The second kappa shape index (κ2) is 10.1. The van der Waals surface area contributed by atoms with Crippen LogP contribution in [0.25, 0.3) is 0 Å². The van der Waals surface area contributed by atoms with Gasteiger partial charge in [-0.15, -0.1) is 0 Å². The number of nitrogens with zero attached hydrogens (tertiary/aromatic N) is 1. The zero-order valence-electron chi connectivity index (χ0n) is 17.6. The summed E-state index contributed by atoms with van der Waals surface area (Å²) >= 11 is 0. The molecule has 0 atom stereocenters. The zero-order chi connectivity index (χ0) is 21.5. The average molecular weight is 408 g/mol. The summed E-state index contributed by atoms with van der Waals surface area (Å²) in [6, 6.07) is 15.5. The Kier molecular flexibility index (Phi) is 7.22. The van der Waals surface area contributed by atoms with Crippen molar-refractivity contribution in [3.63, 3.8) is 0 Å². The van der Waals surface area contributed by atoms with Gasteiger partial charge in [0.25, 0.3) is 5.91 Å². The second-order valence-corrected chi connectivity index (χ2v) is 7.92. The Hall–Kier alpha value is -3.15. The van der Waals surface area contributed by atoms with Gasteiger partial charge >= 0.3 is 0 Å². The molecule has 0 aliphatic carbocycles. The van der Waals surface area contributed by atoms with Crippen molar-refractivity contribution in [2.75, 3.05) is 23.7 Å². The molecular weight excluding hydrogens is 378 g/mol. The highest BCUT2D eigenvalue weighted by Gasteiger charge is 2.24. The largest absolute Gasteiger partial charge is 0.339 e. The van der Waals surface area contributed by atoms with Gasteiger partial charge in [-0.25, -0.2) is 0 Å². The molecule has 1 saturated heterocycles. The molecule has 1 aliphatic heterocycles. The molecule has 2 N–H and O–H groups in total. The first kappa shape index (κ1) is 21.6. The number of hydrogen-bond acceptors (Lipinski definition) is 3. The quantitative estimate of drug-likeness (QED) is 0.757. The molecule has 3 amide bonds. The van der Waals surface area contributed by atoms with Crippen molar-refractivity contribution in [1.82, 2.24) is 4.90 Å². The fraction of sp³-hybridized carbons (Fsp3) is 0.375. The molecule has 6 nitrogen and oxygen atoms in total. The number of hydrogen-bond donors (Lipinski definition) is 2. The third-order valence-electron chi connectivity index (χ3n) is 5.41. The predicted molar refractivity (Wildman–Crippen MR) is 118 cm³/mol. The Morgan fingerprint density at radius 1 is 0.900 bits per heavy atom. The minimum Gasteiger partial charge on any atom is -0.339 e. The van der Waals surface area contributed by atoms with Gasteiger partial charge in [-0.3, -0.25) is 14.4 Å². The lowest BCUT2D eigenvalue weighted by Crippen LogP contribution is -2.38. The van der Waals surface area contributed by atoms with Crippen molar-refractivity contribution in [3.05, 3.63) is 59.7 Å². The summed E-state index contributed by atoms with van der Waals surface area (Å²) in [7, 11) is 0. The molecule has 6 heteroatoms. The summed E-state index contributed by atoms with van der Waals surface area (Å²) in [5, 5.41) is 5.39. The van der Waals surface area contributed by atoms with Crippen LogP contribution in [0.5, 0.6) is 0 Å². The maximum atomic E-state index is 13.1. The number of amides is 3. The number of anilines is 2. The molecule has 1 fully saturated rings. The fourth-order valence-electron chi connectivity index (χ4n) is 3.92. The minimum absolute atomic E-state index is 0.0738. The van der Waals surface area contributed by atoms with Crippen molar-refractivity contribution in [3.8, 4) is 0 Å². The molecule has 3 rings (SSSR count). The van der Waals surface area contributed by atoms with Gasteiger partial charge in [-0.2, -0.15) is 0 Å². The van der Waals surface area contributed by atoms with Gasteiger partial charge in [-0.1, -0.05) is 30.3 Å². The summed E-state index contributed by atoms with van der Waals surface area (Å²) in [4.78, 5) is 37.8. The normalized spacial score (nSPS) is 14.3. The molecule has 0 spiro atoms. The Morgan fingerprint density at radius 2 is 1.47 bits per heavy atom. The number of likely N-dealkylation sites (tertiary alicyclic amines) is 1. The number of rotatable bonds is 6. The first-order chi connectivity index (χ1) is 14.4. The van der Waals surface area contributed by atoms with Crippen LogP contribution >= 0.6 is 0 Å². The van der Waals surface area contributed by atoms with E-state index >= 15 is 0 Å². The smallest absolute Gasteiger partial charge is 0.254 e. The van der Waals surface area contributed by atoms with Gasteiger partial charge in [0.2, 0.25) is 11.8 Å². The number of piperidine rings is 1. The molecule has 30 heavy (non-hydrogen) atoms. The summed E-state index contributed by atoms with van der Waals surface area (Å²) in [5.41, 5.74) is 2.81. The molecule has 1 aliphatic rings. The first-order valence-corrected chi connectivity index (χ1v) is 10.4. The van der Waals surface area contributed by atoms with E-state index in [0.29, 0.717) is 22.9 Å². The third-order valence-corrected chi connectivity index (χ3v) is 5.41. The lowest BCUT2D eigenvalue weighted by molar-refractivity contribution is -0.115. The van der Waals surface area contributed by atoms with Gasteiger partial charge in [-0.05, 0) is 55.4 Å². The van der Waals surface area contributed by atoms with Crippen molar-refractivity contribution >= 4 is 29.1 Å². The predicted octanol–water partition coefficient (Wildman–Crippen LogP) is 4.09. The molecular formula is C24H29N3O3. The Bertz CT molecular complexity index is 869. The van der Waals surface area contributed by atoms with Crippen LogP contribution in [-0.2, 0) is 16.0 Å². The molecule has 1 heterocycles. The standard InChI is InChI=1S/C24H29N3O3/c1-17(28)25-22-14-21(15-23(16-22)26-18(2)29)24(30)27-12-10-20(11-13-27)9-8-19-6-4-3-5-7-19/h3-7,14-16,20H,8-13H2,1-2H3,(H,25,28)(H,26,29). The molecule has 0 unspecified atom stereocenters. The van der Waals surface area contributed by atoms with Crippen LogP contribution in [0.15, 0.2) is 48.5 Å². The lowest BCUT2D eigenvalue weighted by atomic mass is 9.90. The number of nitrogens with one attached hydrogen (secondary N) is 2. The molecule has 0 bridgehead atoms. The van der Waals surface area contributed by atoms with Crippen LogP contribution in [0.1, 0.15) is 49.0 Å². The van der Waals surface area contributed by atoms with E-state index in [1.165, 1.54) is 19.4 Å². The van der Waals surface area contributed by atoms with Gasteiger partial charge in [0.15, 0.2) is 0 Å². The van der Waals surface area contributed by atoms with Crippen molar-refractivity contribution in [2.45, 2.75) is 39.5 Å². The highest BCUT2D eigenvalue weighted by molar-refractivity contribution is 6.00. The average Bonchev–Trinajstić information content (AvgIpc) is 2.71. The monoisotopic (exact) mass is 407 g/mol. The van der Waals surface area contributed by atoms with Crippen LogP contribution < -0.4 is 10.6 Å². The highest BCUT2D eigenvalue weighted by atomic mass is 16.2. The lowest BCUT2D eigenvalue weighted by Gasteiger charge is -2.32. The fourth-order valence-corrected chi connectivity index (χ4v) is 3.92. The number of carbonyl (C=O) groups excluding carboxylic acids is 3. The van der Waals surface area contributed by atoms with Crippen LogP contribution in [0, 0.1) is 5.92 Å². The highest BCUT2D eigenvalue weighted by Crippen LogP contribution is 2.26. The van der Waals surface area contributed by atoms with Crippen molar-refractivity contribution in [2.24, 2.45) is 5.92 Å². The molecule has 158 valence electrons. The van der Waals surface area contributed by atoms with E-state index in [-0.39, 0.29) is 17.7 Å². The summed E-state index contributed by atoms with van der Waals surface area (Å²) in [5.74, 6) is 0.0884. The van der Waals surface area contributed by atoms with Gasteiger partial charge in [0, 0.05) is 43.9 Å². The summed E-state index contributed by atoms with van der Waals surface area (Å²) in [6.45, 7) is 4.26. The van der Waals surface area contributed by atoms with Gasteiger partial charge in [0.1, 0.15) is 0 Å². The molecule has 2 aromatic rings. The Balaban J connectivity index is 1.62. The Morgan fingerprint density at radius 3 is 2.00 bits per heavy atom. The second-order valence-electron chi connectivity index (χ2n) is 7.92. The molecule has 0 aromatic heterocycles. The van der Waals surface area contributed by atoms with Crippen LogP contribution in [0.2, 0.25) is 0 Å². The SMILES string of the molecule is CC(=O)Nc1cc(NC(C)=O)cc(C(=O)N2CCC(CCc3ccccc3)CC2)c1. The van der Waals surface area contributed by atoms with E-state index in [0.717, 1.165) is 38.8 Å². The molecule has 0 radical (unpaired) electrons. The Labute approximate surface area is 177 Å². The number of benzene rings is 2. The maximum absolute atomic E-state index is 13.1. The third kappa shape index (κ3) is 6.17. The maximum Gasteiger partial charge on any atom is 0.254 e. The van der Waals surface area contributed by atoms with E-state index in [1.54, 1.807) is 18.2 Å². The topological polar surface area (TPSA) is 78.5 Å². The summed E-state index contributed by atoms with van der Waals surface area (Å²) < 4.78 is 0. The van der Waals surface area contributed by atoms with E-state index in [4.69, 9.17) is 0 Å². The molecule has 2 aromatic carbocycles. The van der Waals surface area contributed by atoms with Gasteiger partial charge < -0.3 is 15.5 Å². The number of carbonyl (C=O) groups is 3. The summed E-state index contributed by atoms with van der Waals surface area (Å²) in [6.07, 6.45) is 4.18. The van der Waals surface area contributed by atoms with Crippen molar-refractivity contribution in [1.29, 1.82) is 0 Å². The van der Waals surface area contributed by atoms with Crippen LogP contribution in [0.4, 0.5) is 11.4 Å². The van der Waals surface area contributed by atoms with E-state index < -0.39 is 0 Å².